The molecule has 6 heteroatoms. The summed E-state index contributed by atoms with van der Waals surface area (Å²) in [5.74, 6) is -0.147. The van der Waals surface area contributed by atoms with Crippen LogP contribution < -0.4 is 10.6 Å². The van der Waals surface area contributed by atoms with Crippen molar-refractivity contribution in [1.82, 2.24) is 15.5 Å². The van der Waals surface area contributed by atoms with Gasteiger partial charge in [-0.15, -0.1) is 0 Å². The standard InChI is InChI=1S/C10H19N3O3/c1-11-9(14)7-8-10(15)13(4-3-12-8)5-6-16-2/h8,12H,3-7H2,1-2H3,(H,11,14). The number of rotatable bonds is 5. The van der Waals surface area contributed by atoms with Gasteiger partial charge >= 0.3 is 0 Å². The van der Waals surface area contributed by atoms with E-state index in [0.717, 1.165) is 6.54 Å². The Labute approximate surface area is 95.3 Å². The van der Waals surface area contributed by atoms with Crippen LogP contribution in [-0.4, -0.2) is 63.2 Å². The van der Waals surface area contributed by atoms with Gasteiger partial charge in [-0.2, -0.15) is 0 Å². The topological polar surface area (TPSA) is 70.7 Å². The number of nitrogens with one attached hydrogen (secondary N) is 2. The van der Waals surface area contributed by atoms with Gasteiger partial charge < -0.3 is 20.3 Å². The maximum absolute atomic E-state index is 11.9. The molecule has 0 bridgehead atoms. The van der Waals surface area contributed by atoms with Crippen molar-refractivity contribution in [2.45, 2.75) is 12.5 Å². The molecule has 0 saturated carbocycles. The molecule has 0 aliphatic carbocycles. The van der Waals surface area contributed by atoms with Crippen LogP contribution in [0.3, 0.4) is 0 Å². The number of hydrogen-bond acceptors (Lipinski definition) is 4. The summed E-state index contributed by atoms with van der Waals surface area (Å²) in [6.45, 7) is 2.50. The highest BCUT2D eigenvalue weighted by Crippen LogP contribution is 2.04. The molecule has 92 valence electrons. The van der Waals surface area contributed by atoms with Crippen LogP contribution in [0, 0.1) is 0 Å². The van der Waals surface area contributed by atoms with E-state index >= 15 is 0 Å². The monoisotopic (exact) mass is 229 g/mol. The lowest BCUT2D eigenvalue weighted by atomic mass is 10.1. The fraction of sp³-hybridized carbons (Fsp3) is 0.800. The average Bonchev–Trinajstić information content (AvgIpc) is 2.30. The first kappa shape index (κ1) is 12.9. The second-order valence-corrected chi connectivity index (χ2v) is 3.70. The van der Waals surface area contributed by atoms with E-state index in [9.17, 15) is 9.59 Å². The predicted molar refractivity (Wildman–Crippen MR) is 58.9 cm³/mol. The van der Waals surface area contributed by atoms with Gasteiger partial charge in [0.1, 0.15) is 0 Å². The summed E-state index contributed by atoms with van der Waals surface area (Å²) in [4.78, 5) is 24.8. The molecule has 0 radical (unpaired) electrons. The van der Waals surface area contributed by atoms with Crippen LogP contribution in [0.2, 0.25) is 0 Å². The van der Waals surface area contributed by atoms with Gasteiger partial charge in [-0.05, 0) is 0 Å². The highest BCUT2D eigenvalue weighted by atomic mass is 16.5. The van der Waals surface area contributed by atoms with E-state index in [4.69, 9.17) is 4.74 Å². The first-order valence-corrected chi connectivity index (χ1v) is 5.40. The Morgan fingerprint density at radius 1 is 1.69 bits per heavy atom. The van der Waals surface area contributed by atoms with E-state index < -0.39 is 6.04 Å². The largest absolute Gasteiger partial charge is 0.383 e. The lowest BCUT2D eigenvalue weighted by Gasteiger charge is -2.32. The minimum atomic E-state index is -0.398. The highest BCUT2D eigenvalue weighted by Gasteiger charge is 2.29. The van der Waals surface area contributed by atoms with Crippen molar-refractivity contribution in [1.29, 1.82) is 0 Å². The molecule has 1 atom stereocenters. The van der Waals surface area contributed by atoms with Crippen LogP contribution in [0.4, 0.5) is 0 Å². The molecule has 1 rings (SSSR count). The molecule has 1 aliphatic heterocycles. The number of methoxy groups -OCH3 is 1. The van der Waals surface area contributed by atoms with Crippen LogP contribution in [-0.2, 0) is 14.3 Å². The highest BCUT2D eigenvalue weighted by molar-refractivity contribution is 5.88. The Balaban J connectivity index is 2.46. The van der Waals surface area contributed by atoms with Gasteiger partial charge in [-0.3, -0.25) is 9.59 Å². The summed E-state index contributed by atoms with van der Waals surface area (Å²) >= 11 is 0. The third-order valence-corrected chi connectivity index (χ3v) is 2.62. The Morgan fingerprint density at radius 3 is 3.06 bits per heavy atom. The summed E-state index contributed by atoms with van der Waals surface area (Å²) in [6.07, 6.45) is 0.193. The quantitative estimate of drug-likeness (QED) is 0.606. The first-order valence-electron chi connectivity index (χ1n) is 5.40. The van der Waals surface area contributed by atoms with Gasteiger partial charge in [0.15, 0.2) is 0 Å². The zero-order valence-electron chi connectivity index (χ0n) is 9.78. The molecule has 1 fully saturated rings. The number of piperazine rings is 1. The van der Waals surface area contributed by atoms with Crippen molar-refractivity contribution in [2.75, 3.05) is 40.4 Å². The number of carbonyl (C=O) groups is 2. The molecule has 2 N–H and O–H groups in total. The first-order chi connectivity index (χ1) is 7.69. The van der Waals surface area contributed by atoms with Gasteiger partial charge in [0.05, 0.1) is 19.1 Å². The number of hydrogen-bond donors (Lipinski definition) is 2. The number of nitrogens with zero attached hydrogens (tertiary/aromatic N) is 1. The third kappa shape index (κ3) is 3.46. The van der Waals surface area contributed by atoms with E-state index in [1.54, 1.807) is 19.1 Å². The molecule has 2 amide bonds. The van der Waals surface area contributed by atoms with Gasteiger partial charge in [-0.25, -0.2) is 0 Å². The SMILES string of the molecule is CNC(=O)CC1NCCN(CCOC)C1=O. The van der Waals surface area contributed by atoms with Gasteiger partial charge in [0, 0.05) is 33.8 Å². The fourth-order valence-corrected chi connectivity index (χ4v) is 1.66. The molecule has 16 heavy (non-hydrogen) atoms. The van der Waals surface area contributed by atoms with Crippen molar-refractivity contribution >= 4 is 11.8 Å². The Morgan fingerprint density at radius 2 is 2.44 bits per heavy atom. The molecule has 1 saturated heterocycles. The Hall–Kier alpha value is -1.14. The normalized spacial score (nSPS) is 21.0. The molecule has 0 aromatic rings. The van der Waals surface area contributed by atoms with Gasteiger partial charge in [0.25, 0.3) is 0 Å². The van der Waals surface area contributed by atoms with Gasteiger partial charge in [-0.1, -0.05) is 0 Å². The van der Waals surface area contributed by atoms with E-state index in [1.807, 2.05) is 0 Å². The maximum atomic E-state index is 11.9. The maximum Gasteiger partial charge on any atom is 0.240 e. The lowest BCUT2D eigenvalue weighted by molar-refractivity contribution is -0.138. The molecule has 0 aromatic heterocycles. The third-order valence-electron chi connectivity index (χ3n) is 2.62. The van der Waals surface area contributed by atoms with Crippen LogP contribution in [0.15, 0.2) is 0 Å². The van der Waals surface area contributed by atoms with E-state index in [1.165, 1.54) is 0 Å². The van der Waals surface area contributed by atoms with Crippen molar-refractivity contribution in [3.8, 4) is 0 Å². The number of ether oxygens (including phenoxy) is 1. The molecular formula is C10H19N3O3. The molecule has 0 aromatic carbocycles. The van der Waals surface area contributed by atoms with Crippen molar-refractivity contribution in [2.24, 2.45) is 0 Å². The molecule has 1 aliphatic rings. The average molecular weight is 229 g/mol. The summed E-state index contributed by atoms with van der Waals surface area (Å²) in [5, 5.41) is 5.56. The fourth-order valence-electron chi connectivity index (χ4n) is 1.66. The Bertz CT molecular complexity index is 258. The molecule has 1 heterocycles. The summed E-state index contributed by atoms with van der Waals surface area (Å²) < 4.78 is 4.94. The van der Waals surface area contributed by atoms with Crippen LogP contribution >= 0.6 is 0 Å². The van der Waals surface area contributed by atoms with E-state index in [0.29, 0.717) is 19.7 Å². The van der Waals surface area contributed by atoms with Crippen molar-refractivity contribution < 1.29 is 14.3 Å². The van der Waals surface area contributed by atoms with E-state index in [-0.39, 0.29) is 18.2 Å². The van der Waals surface area contributed by atoms with Crippen LogP contribution in [0.1, 0.15) is 6.42 Å². The number of carbonyl (C=O) groups excluding carboxylic acids is 2. The van der Waals surface area contributed by atoms with Crippen molar-refractivity contribution in [3.63, 3.8) is 0 Å². The van der Waals surface area contributed by atoms with E-state index in [2.05, 4.69) is 10.6 Å². The zero-order chi connectivity index (χ0) is 12.0. The van der Waals surface area contributed by atoms with Gasteiger partial charge in [0.2, 0.25) is 11.8 Å². The zero-order valence-corrected chi connectivity index (χ0v) is 9.78. The summed E-state index contributed by atoms with van der Waals surface area (Å²) in [7, 11) is 3.17. The second-order valence-electron chi connectivity index (χ2n) is 3.70. The minimum Gasteiger partial charge on any atom is -0.383 e. The van der Waals surface area contributed by atoms with Crippen LogP contribution in [0.25, 0.3) is 0 Å². The van der Waals surface area contributed by atoms with Crippen LogP contribution in [0.5, 0.6) is 0 Å². The molecule has 0 spiro atoms. The smallest absolute Gasteiger partial charge is 0.240 e. The van der Waals surface area contributed by atoms with Crippen molar-refractivity contribution in [3.05, 3.63) is 0 Å². The Kier molecular flexibility index (Phi) is 5.21. The second kappa shape index (κ2) is 6.44. The summed E-state index contributed by atoms with van der Waals surface area (Å²) in [6, 6.07) is -0.398. The number of amides is 2. The molecule has 6 nitrogen and oxygen atoms in total. The minimum absolute atomic E-state index is 0.0214. The predicted octanol–water partition coefficient (Wildman–Crippen LogP) is -1.43. The summed E-state index contributed by atoms with van der Waals surface area (Å²) in [5.41, 5.74) is 0. The molecule has 1 unspecified atom stereocenters. The molecular weight excluding hydrogens is 210 g/mol. The lowest BCUT2D eigenvalue weighted by Crippen LogP contribution is -2.56.